The van der Waals surface area contributed by atoms with Crippen LogP contribution in [-0.2, 0) is 19.1 Å². The monoisotopic (exact) mass is 554 g/mol. The third-order valence-electron chi connectivity index (χ3n) is 4.74. The Morgan fingerprint density at radius 2 is 1.02 bits per heavy atom. The molecule has 0 N–H and O–H groups in total. The first kappa shape index (κ1) is 29.0. The van der Waals surface area contributed by atoms with E-state index in [0.717, 1.165) is 12.2 Å². The molecule has 3 aromatic carbocycles. The van der Waals surface area contributed by atoms with E-state index in [1.807, 2.05) is 0 Å². The van der Waals surface area contributed by atoms with Crippen molar-refractivity contribution in [2.45, 2.75) is 0 Å². The van der Waals surface area contributed by atoms with Crippen LogP contribution >= 0.6 is 0 Å². The molecule has 0 aromatic heterocycles. The summed E-state index contributed by atoms with van der Waals surface area (Å²) < 4.78 is 58.6. The third kappa shape index (κ3) is 8.25. The van der Waals surface area contributed by atoms with Crippen molar-refractivity contribution in [1.82, 2.24) is 0 Å². The van der Waals surface area contributed by atoms with Gasteiger partial charge >= 0.3 is 23.9 Å². The highest BCUT2D eigenvalue weighted by molar-refractivity contribution is 5.92. The van der Waals surface area contributed by atoms with Gasteiger partial charge in [-0.3, -0.25) is 0 Å². The van der Waals surface area contributed by atoms with Gasteiger partial charge < -0.3 is 28.4 Å². The Morgan fingerprint density at radius 3 is 1.43 bits per heavy atom. The van der Waals surface area contributed by atoms with Crippen LogP contribution in [-0.4, -0.2) is 37.5 Å². The molecule has 3 aromatic rings. The highest BCUT2D eigenvalue weighted by atomic mass is 19.1. The van der Waals surface area contributed by atoms with E-state index < -0.39 is 53.8 Å². The van der Waals surface area contributed by atoms with Crippen molar-refractivity contribution < 1.29 is 56.4 Å². The number of carbonyl (C=O) groups excluding carboxylic acids is 4. The lowest BCUT2D eigenvalue weighted by Crippen LogP contribution is -2.12. The Morgan fingerprint density at radius 1 is 0.625 bits per heavy atom. The summed E-state index contributed by atoms with van der Waals surface area (Å²) in [6, 6.07) is 12.0. The quantitative estimate of drug-likeness (QED) is 0.136. The molecule has 0 bridgehead atoms. The molecule has 0 saturated carbocycles. The molecule has 0 aliphatic rings. The van der Waals surface area contributed by atoms with Crippen molar-refractivity contribution >= 4 is 23.9 Å². The van der Waals surface area contributed by atoms with Gasteiger partial charge in [-0.05, 0) is 48.5 Å². The van der Waals surface area contributed by atoms with E-state index in [2.05, 4.69) is 22.6 Å². The first-order valence-corrected chi connectivity index (χ1v) is 11.2. The van der Waals surface area contributed by atoms with Crippen LogP contribution in [0, 0.1) is 11.6 Å². The Bertz CT molecular complexity index is 1390. The molecular formula is C28H20F2O10. The summed E-state index contributed by atoms with van der Waals surface area (Å²) >= 11 is 0. The van der Waals surface area contributed by atoms with E-state index in [1.54, 1.807) is 0 Å². The van der Waals surface area contributed by atoms with E-state index in [4.69, 9.17) is 18.9 Å². The lowest BCUT2D eigenvalue weighted by molar-refractivity contribution is -0.145. The van der Waals surface area contributed by atoms with Crippen molar-refractivity contribution in [3.63, 3.8) is 0 Å². The van der Waals surface area contributed by atoms with Crippen LogP contribution in [0.2, 0.25) is 0 Å². The van der Waals surface area contributed by atoms with Crippen molar-refractivity contribution in [3.05, 3.63) is 109 Å². The van der Waals surface area contributed by atoms with Gasteiger partial charge in [-0.1, -0.05) is 13.2 Å². The normalized spacial score (nSPS) is 10.1. The average molecular weight is 554 g/mol. The second-order valence-electron chi connectivity index (χ2n) is 7.40. The van der Waals surface area contributed by atoms with Gasteiger partial charge in [0.25, 0.3) is 0 Å². The fourth-order valence-electron chi connectivity index (χ4n) is 2.81. The highest BCUT2D eigenvalue weighted by Gasteiger charge is 2.20. The molecule has 0 fully saturated rings. The lowest BCUT2D eigenvalue weighted by Gasteiger charge is -2.10. The summed E-state index contributed by atoms with van der Waals surface area (Å²) in [4.78, 5) is 46.7. The van der Waals surface area contributed by atoms with E-state index in [9.17, 15) is 28.0 Å². The first-order chi connectivity index (χ1) is 19.2. The topological polar surface area (TPSA) is 124 Å². The van der Waals surface area contributed by atoms with Crippen LogP contribution in [0.15, 0.2) is 86.0 Å². The van der Waals surface area contributed by atoms with E-state index in [0.29, 0.717) is 12.1 Å². The number of ether oxygens (including phenoxy) is 6. The SMILES string of the molecule is C=CC(=O)OCOc1ccc(C(=O)Oc2cc(F)c(OC(=O)c3ccc(OCOC(=O)C=C)cc3)c(F)c2)cc1. The number of hydrogen-bond donors (Lipinski definition) is 0. The Hall–Kier alpha value is -5.52. The van der Waals surface area contributed by atoms with Crippen LogP contribution < -0.4 is 18.9 Å². The van der Waals surface area contributed by atoms with Gasteiger partial charge in [0, 0.05) is 24.3 Å². The summed E-state index contributed by atoms with van der Waals surface area (Å²) in [7, 11) is 0. The van der Waals surface area contributed by atoms with Gasteiger partial charge in [0.05, 0.1) is 11.1 Å². The van der Waals surface area contributed by atoms with Crippen molar-refractivity contribution in [3.8, 4) is 23.0 Å². The van der Waals surface area contributed by atoms with Crippen LogP contribution in [0.5, 0.6) is 23.0 Å². The average Bonchev–Trinajstić information content (AvgIpc) is 2.95. The van der Waals surface area contributed by atoms with Gasteiger partial charge in [0.15, 0.2) is 11.6 Å². The van der Waals surface area contributed by atoms with Crippen LogP contribution in [0.4, 0.5) is 8.78 Å². The number of rotatable bonds is 12. The number of esters is 4. The molecular weight excluding hydrogens is 534 g/mol. The molecule has 0 radical (unpaired) electrons. The smallest absolute Gasteiger partial charge is 0.343 e. The van der Waals surface area contributed by atoms with Crippen LogP contribution in [0.25, 0.3) is 0 Å². The lowest BCUT2D eigenvalue weighted by atomic mass is 10.2. The zero-order valence-electron chi connectivity index (χ0n) is 20.6. The minimum Gasteiger partial charge on any atom is -0.457 e. The minimum atomic E-state index is -1.29. The first-order valence-electron chi connectivity index (χ1n) is 11.2. The number of halogens is 2. The van der Waals surface area contributed by atoms with Gasteiger partial charge in [0.2, 0.25) is 19.3 Å². The van der Waals surface area contributed by atoms with Crippen molar-refractivity contribution in [2.24, 2.45) is 0 Å². The minimum absolute atomic E-state index is 0.0260. The molecule has 0 spiro atoms. The molecule has 0 aliphatic carbocycles. The second kappa shape index (κ2) is 13.9. The van der Waals surface area contributed by atoms with Crippen LogP contribution in [0.1, 0.15) is 20.7 Å². The largest absolute Gasteiger partial charge is 0.457 e. The molecule has 0 heterocycles. The summed E-state index contributed by atoms with van der Waals surface area (Å²) in [5, 5.41) is 0. The standard InChI is InChI=1S/C28H20F2O10/c1-3-24(31)37-15-35-19-9-5-17(6-10-19)27(33)39-21-13-22(29)26(23(30)14-21)40-28(34)18-7-11-20(12-8-18)36-16-38-25(32)4-2/h3-14H,1-2,15-16H2. The summed E-state index contributed by atoms with van der Waals surface area (Å²) in [5.41, 5.74) is -0.0333. The Labute approximate surface area is 225 Å². The van der Waals surface area contributed by atoms with E-state index in [-0.39, 0.29) is 29.4 Å². The summed E-state index contributed by atoms with van der Waals surface area (Å²) in [6.45, 7) is 5.71. The van der Waals surface area contributed by atoms with Crippen molar-refractivity contribution in [2.75, 3.05) is 13.6 Å². The number of carbonyl (C=O) groups is 4. The van der Waals surface area contributed by atoms with Crippen molar-refractivity contribution in [1.29, 1.82) is 0 Å². The fraction of sp³-hybridized carbons (Fsp3) is 0.0714. The summed E-state index contributed by atoms with van der Waals surface area (Å²) in [5.74, 6) is -6.92. The number of hydrogen-bond acceptors (Lipinski definition) is 10. The maximum atomic E-state index is 14.6. The summed E-state index contributed by atoms with van der Waals surface area (Å²) in [6.07, 6.45) is 1.93. The predicted octanol–water partition coefficient (Wildman–Crippen LogP) is 4.53. The van der Waals surface area contributed by atoms with E-state index >= 15 is 0 Å². The van der Waals surface area contributed by atoms with E-state index in [1.165, 1.54) is 48.5 Å². The molecule has 40 heavy (non-hydrogen) atoms. The van der Waals surface area contributed by atoms with Crippen LogP contribution in [0.3, 0.4) is 0 Å². The molecule has 206 valence electrons. The zero-order chi connectivity index (χ0) is 29.1. The zero-order valence-corrected chi connectivity index (χ0v) is 20.6. The third-order valence-corrected chi connectivity index (χ3v) is 4.74. The highest BCUT2D eigenvalue weighted by Crippen LogP contribution is 2.28. The molecule has 0 amide bonds. The Kier molecular flexibility index (Phi) is 10.1. The maximum absolute atomic E-state index is 14.6. The van der Waals surface area contributed by atoms with Gasteiger partial charge in [-0.25, -0.2) is 28.0 Å². The molecule has 0 saturated heterocycles. The molecule has 0 aliphatic heterocycles. The van der Waals surface area contributed by atoms with Gasteiger partial charge in [-0.2, -0.15) is 0 Å². The molecule has 0 unspecified atom stereocenters. The fourth-order valence-corrected chi connectivity index (χ4v) is 2.81. The van der Waals surface area contributed by atoms with Gasteiger partial charge in [-0.15, -0.1) is 0 Å². The maximum Gasteiger partial charge on any atom is 0.343 e. The molecule has 3 rings (SSSR count). The Balaban J connectivity index is 1.58. The molecule has 10 nitrogen and oxygen atoms in total. The predicted molar refractivity (Wildman–Crippen MR) is 133 cm³/mol. The molecule has 12 heteroatoms. The van der Waals surface area contributed by atoms with Gasteiger partial charge in [0.1, 0.15) is 17.2 Å². The number of benzene rings is 3. The molecule has 0 atom stereocenters. The second-order valence-corrected chi connectivity index (χ2v) is 7.40.